The SMILES string of the molecule is c1cc(-c2ccc3c(c2)CCCCO3)n2nc(Nc3ccnc(OCCN4CCCC4)c3)nc2c1. The molecule has 3 aromatic heterocycles. The zero-order chi connectivity index (χ0) is 23.5. The van der Waals surface area contributed by atoms with Crippen molar-refractivity contribution in [3.63, 3.8) is 0 Å². The first-order chi connectivity index (χ1) is 17.3. The van der Waals surface area contributed by atoms with Crippen LogP contribution in [-0.4, -0.2) is 57.3 Å². The van der Waals surface area contributed by atoms with Crippen LogP contribution in [0.1, 0.15) is 31.2 Å². The lowest BCUT2D eigenvalue weighted by atomic mass is 10.0. The highest BCUT2D eigenvalue weighted by molar-refractivity contribution is 5.66. The zero-order valence-electron chi connectivity index (χ0n) is 19.8. The lowest BCUT2D eigenvalue weighted by Gasteiger charge is -2.14. The summed E-state index contributed by atoms with van der Waals surface area (Å²) in [4.78, 5) is 11.5. The maximum absolute atomic E-state index is 5.89. The molecule has 0 radical (unpaired) electrons. The topological polar surface area (TPSA) is 76.8 Å². The number of hydrogen-bond donors (Lipinski definition) is 1. The van der Waals surface area contributed by atoms with Gasteiger partial charge >= 0.3 is 0 Å². The number of benzene rings is 1. The van der Waals surface area contributed by atoms with E-state index in [4.69, 9.17) is 14.6 Å². The third-order valence-electron chi connectivity index (χ3n) is 6.66. The van der Waals surface area contributed by atoms with E-state index in [0.717, 1.165) is 60.8 Å². The van der Waals surface area contributed by atoms with Crippen LogP contribution in [0.5, 0.6) is 11.6 Å². The van der Waals surface area contributed by atoms with Gasteiger partial charge < -0.3 is 14.8 Å². The predicted octanol–water partition coefficient (Wildman–Crippen LogP) is 4.72. The normalized spacial score (nSPS) is 16.0. The molecule has 5 heterocycles. The van der Waals surface area contributed by atoms with Crippen LogP contribution in [0.15, 0.2) is 54.7 Å². The molecular formula is C27H30N6O2. The Morgan fingerprint density at radius 2 is 1.94 bits per heavy atom. The number of nitrogens with one attached hydrogen (secondary N) is 1. The molecule has 180 valence electrons. The molecule has 2 aliphatic heterocycles. The van der Waals surface area contributed by atoms with Gasteiger partial charge in [0.25, 0.3) is 0 Å². The Kier molecular flexibility index (Phi) is 6.19. The fourth-order valence-corrected chi connectivity index (χ4v) is 4.83. The molecule has 8 heteroatoms. The van der Waals surface area contributed by atoms with Crippen LogP contribution in [0.25, 0.3) is 16.9 Å². The maximum atomic E-state index is 5.89. The lowest BCUT2D eigenvalue weighted by Crippen LogP contribution is -2.25. The highest BCUT2D eigenvalue weighted by Crippen LogP contribution is 2.30. The van der Waals surface area contributed by atoms with Gasteiger partial charge in [-0.15, -0.1) is 5.10 Å². The minimum absolute atomic E-state index is 0.532. The van der Waals surface area contributed by atoms with Crippen LogP contribution >= 0.6 is 0 Å². The van der Waals surface area contributed by atoms with Crippen LogP contribution in [0, 0.1) is 0 Å². The van der Waals surface area contributed by atoms with Crippen molar-refractivity contribution in [1.82, 2.24) is 24.5 Å². The Labute approximate surface area is 204 Å². The van der Waals surface area contributed by atoms with Gasteiger partial charge in [-0.25, -0.2) is 9.50 Å². The molecule has 0 aliphatic carbocycles. The van der Waals surface area contributed by atoms with Crippen LogP contribution in [-0.2, 0) is 6.42 Å². The zero-order valence-corrected chi connectivity index (χ0v) is 19.8. The highest BCUT2D eigenvalue weighted by Gasteiger charge is 2.14. The molecule has 0 spiro atoms. The fraction of sp³-hybridized carbons (Fsp3) is 0.370. The molecule has 1 aromatic carbocycles. The van der Waals surface area contributed by atoms with Crippen molar-refractivity contribution in [3.8, 4) is 22.9 Å². The molecule has 1 N–H and O–H groups in total. The van der Waals surface area contributed by atoms with Crippen molar-refractivity contribution in [2.75, 3.05) is 38.2 Å². The molecule has 2 aliphatic rings. The smallest absolute Gasteiger partial charge is 0.247 e. The Balaban J connectivity index is 1.20. The molecule has 1 fully saturated rings. The minimum atomic E-state index is 0.532. The molecule has 0 amide bonds. The van der Waals surface area contributed by atoms with Crippen molar-refractivity contribution in [3.05, 3.63) is 60.3 Å². The van der Waals surface area contributed by atoms with E-state index in [1.165, 1.54) is 31.5 Å². The number of pyridine rings is 2. The van der Waals surface area contributed by atoms with Crippen molar-refractivity contribution >= 4 is 17.3 Å². The summed E-state index contributed by atoms with van der Waals surface area (Å²) in [7, 11) is 0. The average Bonchev–Trinajstić information content (AvgIpc) is 3.48. The summed E-state index contributed by atoms with van der Waals surface area (Å²) in [6.07, 6.45) is 7.59. The first-order valence-electron chi connectivity index (χ1n) is 12.5. The average molecular weight is 471 g/mol. The van der Waals surface area contributed by atoms with Crippen molar-refractivity contribution < 1.29 is 9.47 Å². The number of aryl methyl sites for hydroxylation is 1. The Morgan fingerprint density at radius 1 is 1.00 bits per heavy atom. The number of anilines is 2. The molecule has 8 nitrogen and oxygen atoms in total. The van der Waals surface area contributed by atoms with Crippen molar-refractivity contribution in [2.45, 2.75) is 32.1 Å². The van der Waals surface area contributed by atoms with Gasteiger partial charge in [-0.2, -0.15) is 4.98 Å². The molecule has 1 saturated heterocycles. The number of nitrogens with zero attached hydrogens (tertiary/aromatic N) is 5. The number of hydrogen-bond acceptors (Lipinski definition) is 7. The molecule has 0 unspecified atom stereocenters. The Hall–Kier alpha value is -3.65. The second-order valence-corrected chi connectivity index (χ2v) is 9.15. The molecule has 0 atom stereocenters. The molecule has 6 rings (SSSR count). The van der Waals surface area contributed by atoms with Crippen LogP contribution in [0.4, 0.5) is 11.6 Å². The van der Waals surface area contributed by atoms with E-state index < -0.39 is 0 Å². The minimum Gasteiger partial charge on any atom is -0.493 e. The first kappa shape index (κ1) is 21.9. The monoisotopic (exact) mass is 470 g/mol. The number of ether oxygens (including phenoxy) is 2. The second-order valence-electron chi connectivity index (χ2n) is 9.15. The summed E-state index contributed by atoms with van der Waals surface area (Å²) in [5.74, 6) is 2.13. The van der Waals surface area contributed by atoms with Gasteiger partial charge in [-0.05, 0) is 87.2 Å². The number of aromatic nitrogens is 4. The van der Waals surface area contributed by atoms with Gasteiger partial charge in [0.1, 0.15) is 12.4 Å². The Morgan fingerprint density at radius 3 is 2.89 bits per heavy atom. The van der Waals surface area contributed by atoms with E-state index in [0.29, 0.717) is 18.4 Å². The van der Waals surface area contributed by atoms with E-state index in [9.17, 15) is 0 Å². The molecule has 0 saturated carbocycles. The second kappa shape index (κ2) is 9.92. The van der Waals surface area contributed by atoms with E-state index >= 15 is 0 Å². The maximum Gasteiger partial charge on any atom is 0.247 e. The molecular weight excluding hydrogens is 440 g/mol. The lowest BCUT2D eigenvalue weighted by molar-refractivity contribution is 0.232. The van der Waals surface area contributed by atoms with Crippen LogP contribution in [0.3, 0.4) is 0 Å². The van der Waals surface area contributed by atoms with Gasteiger partial charge in [-0.1, -0.05) is 6.07 Å². The summed E-state index contributed by atoms with van der Waals surface area (Å²) in [6.45, 7) is 4.70. The summed E-state index contributed by atoms with van der Waals surface area (Å²) >= 11 is 0. The van der Waals surface area contributed by atoms with Crippen LogP contribution in [0.2, 0.25) is 0 Å². The third kappa shape index (κ3) is 4.93. The van der Waals surface area contributed by atoms with Gasteiger partial charge in [-0.3, -0.25) is 4.90 Å². The predicted molar refractivity (Wildman–Crippen MR) is 136 cm³/mol. The largest absolute Gasteiger partial charge is 0.493 e. The van der Waals surface area contributed by atoms with Gasteiger partial charge in [0, 0.05) is 30.1 Å². The highest BCUT2D eigenvalue weighted by atomic mass is 16.5. The number of likely N-dealkylation sites (tertiary alicyclic amines) is 1. The third-order valence-corrected chi connectivity index (χ3v) is 6.66. The Bertz CT molecular complexity index is 1310. The van der Waals surface area contributed by atoms with E-state index in [2.05, 4.69) is 44.5 Å². The first-order valence-corrected chi connectivity index (χ1v) is 12.5. The summed E-state index contributed by atoms with van der Waals surface area (Å²) in [6, 6.07) is 16.2. The van der Waals surface area contributed by atoms with Gasteiger partial charge in [0.2, 0.25) is 11.8 Å². The van der Waals surface area contributed by atoms with Gasteiger partial charge in [0.15, 0.2) is 5.65 Å². The summed E-state index contributed by atoms with van der Waals surface area (Å²) in [5.41, 5.74) is 4.98. The van der Waals surface area contributed by atoms with Crippen LogP contribution < -0.4 is 14.8 Å². The molecule has 0 bridgehead atoms. The fourth-order valence-electron chi connectivity index (χ4n) is 4.83. The summed E-state index contributed by atoms with van der Waals surface area (Å²) < 4.78 is 13.7. The van der Waals surface area contributed by atoms with E-state index in [-0.39, 0.29) is 0 Å². The molecule has 35 heavy (non-hydrogen) atoms. The van der Waals surface area contributed by atoms with Crippen molar-refractivity contribution in [2.24, 2.45) is 0 Å². The number of rotatable bonds is 7. The number of fused-ring (bicyclic) bond motifs is 2. The quantitative estimate of drug-likeness (QED) is 0.419. The van der Waals surface area contributed by atoms with Crippen molar-refractivity contribution in [1.29, 1.82) is 0 Å². The van der Waals surface area contributed by atoms with E-state index in [1.807, 2.05) is 28.8 Å². The van der Waals surface area contributed by atoms with Gasteiger partial charge in [0.05, 0.1) is 12.3 Å². The summed E-state index contributed by atoms with van der Waals surface area (Å²) in [5, 5.41) is 8.06. The molecule has 4 aromatic rings. The van der Waals surface area contributed by atoms with E-state index in [1.54, 1.807) is 6.20 Å². The standard InChI is InChI=1S/C27H30N6O2/c1-4-16-34-24-10-9-20(18-21(24)6-1)23-7-5-8-25-30-27(31-33(23)25)29-22-11-12-28-26(19-22)35-17-15-32-13-2-3-14-32/h5,7-12,18-19H,1-4,6,13-17H2,(H,28,29,31).